The van der Waals surface area contributed by atoms with E-state index in [4.69, 9.17) is 4.42 Å². The number of rotatable bonds is 6. The maximum absolute atomic E-state index is 12.4. The number of amides is 2. The smallest absolute Gasteiger partial charge is 0.289 e. The van der Waals surface area contributed by atoms with E-state index in [0.717, 1.165) is 0 Å². The molecule has 0 radical (unpaired) electrons. The number of carbonyl (C=O) groups is 2. The summed E-state index contributed by atoms with van der Waals surface area (Å²) in [5.41, 5.74) is -0.398. The summed E-state index contributed by atoms with van der Waals surface area (Å²) in [5.74, 6) is -0.994. The highest BCUT2D eigenvalue weighted by molar-refractivity contribution is 7.90. The van der Waals surface area contributed by atoms with Gasteiger partial charge in [-0.1, -0.05) is 18.2 Å². The monoisotopic (exact) mass is 392 g/mol. The van der Waals surface area contributed by atoms with Crippen molar-refractivity contribution < 1.29 is 22.4 Å². The van der Waals surface area contributed by atoms with Gasteiger partial charge in [-0.15, -0.1) is 0 Å². The Morgan fingerprint density at radius 2 is 1.70 bits per heavy atom. The molecule has 0 unspecified atom stereocenters. The van der Waals surface area contributed by atoms with E-state index in [1.165, 1.54) is 36.2 Å². The van der Waals surface area contributed by atoms with Crippen LogP contribution in [0.1, 0.15) is 37.1 Å². The van der Waals surface area contributed by atoms with Gasteiger partial charge in [-0.25, -0.2) is 8.42 Å². The molecule has 0 bridgehead atoms. The van der Waals surface area contributed by atoms with Crippen LogP contribution in [0.25, 0.3) is 0 Å². The van der Waals surface area contributed by atoms with E-state index in [1.54, 1.807) is 18.2 Å². The van der Waals surface area contributed by atoms with Gasteiger partial charge in [-0.3, -0.25) is 9.59 Å². The first-order chi connectivity index (χ1) is 12.5. The molecule has 7 nitrogen and oxygen atoms in total. The fourth-order valence-corrected chi connectivity index (χ4v) is 3.67. The summed E-state index contributed by atoms with van der Waals surface area (Å²) >= 11 is 0. The minimum absolute atomic E-state index is 0.0145. The molecular weight excluding hydrogens is 368 g/mol. The SMILES string of the molecule is CN(CC(=O)NC(C)(C)C)C(=O)c1ccc(CS(=O)(=O)c2ccccc2)o1. The summed E-state index contributed by atoms with van der Waals surface area (Å²) in [7, 11) is -2.09. The third-order valence-electron chi connectivity index (χ3n) is 3.55. The van der Waals surface area contributed by atoms with Gasteiger partial charge in [0.15, 0.2) is 15.6 Å². The fourth-order valence-electron chi connectivity index (χ4n) is 2.40. The quantitative estimate of drug-likeness (QED) is 0.813. The molecule has 146 valence electrons. The molecule has 8 heteroatoms. The standard InChI is InChI=1S/C19H24N2O5S/c1-19(2,3)20-17(22)12-21(4)18(23)16-11-10-14(26-16)13-27(24,25)15-8-6-5-7-9-15/h5-11H,12-13H2,1-4H3,(H,20,22). The molecule has 0 fully saturated rings. The van der Waals surface area contributed by atoms with Crippen LogP contribution in [0.3, 0.4) is 0 Å². The number of likely N-dealkylation sites (N-methyl/N-ethyl adjacent to an activating group) is 1. The first-order valence-electron chi connectivity index (χ1n) is 8.41. The Labute approximate surface area is 159 Å². The summed E-state index contributed by atoms with van der Waals surface area (Å²) in [5, 5.41) is 2.77. The minimum atomic E-state index is -3.57. The Bertz CT molecular complexity index is 911. The second kappa shape index (κ2) is 7.96. The van der Waals surface area contributed by atoms with Crippen LogP contribution in [-0.4, -0.2) is 44.3 Å². The predicted molar refractivity (Wildman–Crippen MR) is 101 cm³/mol. The third-order valence-corrected chi connectivity index (χ3v) is 5.20. The third kappa shape index (κ3) is 5.96. The van der Waals surface area contributed by atoms with Crippen LogP contribution in [0.2, 0.25) is 0 Å². The zero-order valence-electron chi connectivity index (χ0n) is 15.9. The van der Waals surface area contributed by atoms with E-state index in [-0.39, 0.29) is 34.6 Å². The lowest BCUT2D eigenvalue weighted by molar-refractivity contribution is -0.122. The van der Waals surface area contributed by atoms with Gasteiger partial charge in [-0.05, 0) is 45.0 Å². The minimum Gasteiger partial charge on any atom is -0.455 e. The van der Waals surface area contributed by atoms with E-state index in [2.05, 4.69) is 5.32 Å². The Balaban J connectivity index is 2.04. The number of carbonyl (C=O) groups excluding carboxylic acids is 2. The molecule has 1 aromatic carbocycles. The molecule has 1 N–H and O–H groups in total. The van der Waals surface area contributed by atoms with Crippen molar-refractivity contribution >= 4 is 21.7 Å². The molecule has 2 aromatic rings. The summed E-state index contributed by atoms with van der Waals surface area (Å²) in [6.45, 7) is 5.41. The topological polar surface area (TPSA) is 96.7 Å². The zero-order valence-corrected chi connectivity index (χ0v) is 16.7. The van der Waals surface area contributed by atoms with Gasteiger partial charge in [0.05, 0.1) is 11.4 Å². The van der Waals surface area contributed by atoms with Crippen molar-refractivity contribution in [3.8, 4) is 0 Å². The summed E-state index contributed by atoms with van der Waals surface area (Å²) < 4.78 is 30.2. The highest BCUT2D eigenvalue weighted by Crippen LogP contribution is 2.18. The highest BCUT2D eigenvalue weighted by atomic mass is 32.2. The molecule has 0 atom stereocenters. The van der Waals surface area contributed by atoms with Crippen molar-refractivity contribution in [3.63, 3.8) is 0 Å². The predicted octanol–water partition coefficient (Wildman–Crippen LogP) is 2.24. The van der Waals surface area contributed by atoms with Crippen LogP contribution in [0.4, 0.5) is 0 Å². The molecule has 0 aliphatic carbocycles. The van der Waals surface area contributed by atoms with Crippen molar-refractivity contribution in [2.45, 2.75) is 37.0 Å². The number of furan rings is 1. The Kier molecular flexibility index (Phi) is 6.10. The molecule has 0 saturated heterocycles. The average molecular weight is 392 g/mol. The van der Waals surface area contributed by atoms with Crippen molar-refractivity contribution in [3.05, 3.63) is 54.0 Å². The van der Waals surface area contributed by atoms with E-state index in [1.807, 2.05) is 20.8 Å². The number of benzene rings is 1. The van der Waals surface area contributed by atoms with Gasteiger partial charge in [0.25, 0.3) is 5.91 Å². The van der Waals surface area contributed by atoms with Crippen molar-refractivity contribution in [1.82, 2.24) is 10.2 Å². The zero-order chi connectivity index (χ0) is 20.2. The first-order valence-corrected chi connectivity index (χ1v) is 10.1. The summed E-state index contributed by atoms with van der Waals surface area (Å²) in [6.07, 6.45) is 0. The lowest BCUT2D eigenvalue weighted by atomic mass is 10.1. The molecule has 1 aromatic heterocycles. The molecule has 0 spiro atoms. The second-order valence-corrected chi connectivity index (χ2v) is 9.29. The molecule has 2 amide bonds. The van der Waals surface area contributed by atoms with E-state index < -0.39 is 21.3 Å². The number of nitrogens with one attached hydrogen (secondary N) is 1. The van der Waals surface area contributed by atoms with Crippen molar-refractivity contribution in [1.29, 1.82) is 0 Å². The maximum Gasteiger partial charge on any atom is 0.289 e. The van der Waals surface area contributed by atoms with Gasteiger partial charge in [0.1, 0.15) is 11.5 Å². The van der Waals surface area contributed by atoms with Crippen LogP contribution in [0.15, 0.2) is 51.8 Å². The van der Waals surface area contributed by atoms with Crippen LogP contribution < -0.4 is 5.32 Å². The first kappa shape index (κ1) is 20.7. The molecule has 0 aliphatic rings. The molecule has 0 saturated carbocycles. The van der Waals surface area contributed by atoms with E-state index in [9.17, 15) is 18.0 Å². The molecular formula is C19H24N2O5S. The molecule has 0 aliphatic heterocycles. The van der Waals surface area contributed by atoms with Crippen LogP contribution >= 0.6 is 0 Å². The van der Waals surface area contributed by atoms with Gasteiger partial charge in [0, 0.05) is 12.6 Å². The van der Waals surface area contributed by atoms with Crippen molar-refractivity contribution in [2.75, 3.05) is 13.6 Å². The van der Waals surface area contributed by atoms with Crippen LogP contribution in [0, 0.1) is 0 Å². The van der Waals surface area contributed by atoms with Gasteiger partial charge >= 0.3 is 0 Å². The van der Waals surface area contributed by atoms with Crippen molar-refractivity contribution in [2.24, 2.45) is 0 Å². The number of hydrogen-bond donors (Lipinski definition) is 1. The lowest BCUT2D eigenvalue weighted by Gasteiger charge is -2.23. The molecule has 2 rings (SSSR count). The summed E-state index contributed by atoms with van der Waals surface area (Å²) in [4.78, 5) is 25.7. The lowest BCUT2D eigenvalue weighted by Crippen LogP contribution is -2.46. The van der Waals surface area contributed by atoms with Crippen LogP contribution in [-0.2, 0) is 20.4 Å². The average Bonchev–Trinajstić information content (AvgIpc) is 3.00. The van der Waals surface area contributed by atoms with E-state index >= 15 is 0 Å². The molecule has 1 heterocycles. The van der Waals surface area contributed by atoms with Gasteiger partial charge < -0.3 is 14.6 Å². The summed E-state index contributed by atoms with van der Waals surface area (Å²) in [6, 6.07) is 10.9. The second-order valence-electron chi connectivity index (χ2n) is 7.30. The largest absolute Gasteiger partial charge is 0.455 e. The number of hydrogen-bond acceptors (Lipinski definition) is 5. The number of nitrogens with zero attached hydrogens (tertiary/aromatic N) is 1. The normalized spacial score (nSPS) is 11.9. The van der Waals surface area contributed by atoms with E-state index in [0.29, 0.717) is 0 Å². The van der Waals surface area contributed by atoms with Gasteiger partial charge in [0.2, 0.25) is 5.91 Å². The number of sulfone groups is 1. The maximum atomic E-state index is 12.4. The Hall–Kier alpha value is -2.61. The highest BCUT2D eigenvalue weighted by Gasteiger charge is 2.23. The fraction of sp³-hybridized carbons (Fsp3) is 0.368. The van der Waals surface area contributed by atoms with Crippen LogP contribution in [0.5, 0.6) is 0 Å². The van der Waals surface area contributed by atoms with Gasteiger partial charge in [-0.2, -0.15) is 0 Å². The molecule has 27 heavy (non-hydrogen) atoms. The Morgan fingerprint density at radius 3 is 2.30 bits per heavy atom. The Morgan fingerprint density at radius 1 is 1.07 bits per heavy atom.